The molecule has 0 fully saturated rings. The molecule has 2 nitrogen and oxygen atoms in total. The van der Waals surface area contributed by atoms with E-state index in [0.29, 0.717) is 16.3 Å². The Kier molecular flexibility index (Phi) is 4.08. The van der Waals surface area contributed by atoms with Crippen LogP contribution in [0.15, 0.2) is 36.4 Å². The monoisotopic (exact) mass is 280 g/mol. The number of hydrogen-bond acceptors (Lipinski definition) is 2. The number of rotatable bonds is 3. The van der Waals surface area contributed by atoms with Crippen LogP contribution in [0.5, 0.6) is 11.5 Å². The Morgan fingerprint density at radius 1 is 1.26 bits per heavy atom. The van der Waals surface area contributed by atoms with E-state index in [1.165, 1.54) is 12.1 Å². The third-order valence-electron chi connectivity index (χ3n) is 2.81. The summed E-state index contributed by atoms with van der Waals surface area (Å²) < 4.78 is 19.5. The average molecular weight is 281 g/mol. The summed E-state index contributed by atoms with van der Waals surface area (Å²) in [5.41, 5.74) is 1.24. The number of benzene rings is 2. The second-order valence-electron chi connectivity index (χ2n) is 4.35. The van der Waals surface area contributed by atoms with Crippen molar-refractivity contribution < 1.29 is 14.2 Å². The lowest BCUT2D eigenvalue weighted by atomic mass is 10.1. The summed E-state index contributed by atoms with van der Waals surface area (Å²) in [4.78, 5) is 0. The number of aliphatic hydroxyl groups is 1. The van der Waals surface area contributed by atoms with Crippen LogP contribution in [0, 0.1) is 12.7 Å². The molecule has 2 rings (SSSR count). The summed E-state index contributed by atoms with van der Waals surface area (Å²) >= 11 is 5.90. The fourth-order valence-corrected chi connectivity index (χ4v) is 1.92. The van der Waals surface area contributed by atoms with Gasteiger partial charge in [-0.2, -0.15) is 0 Å². The molecule has 1 N–H and O–H groups in total. The van der Waals surface area contributed by atoms with Crippen LogP contribution in [0.2, 0.25) is 5.02 Å². The van der Waals surface area contributed by atoms with Crippen molar-refractivity contribution in [2.45, 2.75) is 20.0 Å². The minimum atomic E-state index is -0.815. The molecule has 0 unspecified atom stereocenters. The molecule has 0 bridgehead atoms. The Hall–Kier alpha value is -1.58. The Morgan fingerprint density at radius 3 is 2.68 bits per heavy atom. The fourth-order valence-electron chi connectivity index (χ4n) is 1.76. The van der Waals surface area contributed by atoms with Crippen molar-refractivity contribution in [3.63, 3.8) is 0 Å². The molecular weight excluding hydrogens is 267 g/mol. The van der Waals surface area contributed by atoms with Crippen LogP contribution in [-0.2, 0) is 0 Å². The van der Waals surface area contributed by atoms with Crippen molar-refractivity contribution in [1.82, 2.24) is 0 Å². The zero-order chi connectivity index (χ0) is 14.0. The molecule has 0 aliphatic heterocycles. The molecule has 2 aromatic rings. The Bertz CT molecular complexity index is 597. The fraction of sp³-hybridized carbons (Fsp3) is 0.200. The van der Waals surface area contributed by atoms with Crippen molar-refractivity contribution in [3.05, 3.63) is 58.4 Å². The van der Waals surface area contributed by atoms with Gasteiger partial charge in [-0.3, -0.25) is 0 Å². The van der Waals surface area contributed by atoms with Gasteiger partial charge in [0.05, 0.1) is 6.10 Å². The van der Waals surface area contributed by atoms with Gasteiger partial charge >= 0.3 is 0 Å². The standard InChI is InChI=1S/C15H14ClFO2/c1-9-6-7-11(16)8-14(9)19-15-12(10(2)18)4-3-5-13(15)17/h3-8,10,18H,1-2H3/t10-/m1/s1. The minimum absolute atomic E-state index is 0.0304. The van der Waals surface area contributed by atoms with E-state index in [-0.39, 0.29) is 5.75 Å². The largest absolute Gasteiger partial charge is 0.454 e. The summed E-state index contributed by atoms with van der Waals surface area (Å²) in [6.45, 7) is 3.40. The van der Waals surface area contributed by atoms with E-state index in [2.05, 4.69) is 0 Å². The van der Waals surface area contributed by atoms with Gasteiger partial charge in [0.25, 0.3) is 0 Å². The van der Waals surface area contributed by atoms with Crippen molar-refractivity contribution >= 4 is 11.6 Å². The summed E-state index contributed by atoms with van der Waals surface area (Å²) in [6.07, 6.45) is -0.815. The number of aliphatic hydroxyl groups excluding tert-OH is 1. The van der Waals surface area contributed by atoms with Crippen molar-refractivity contribution in [2.24, 2.45) is 0 Å². The number of ether oxygens (including phenoxy) is 1. The maximum Gasteiger partial charge on any atom is 0.168 e. The van der Waals surface area contributed by atoms with Gasteiger partial charge in [0.1, 0.15) is 5.75 Å². The van der Waals surface area contributed by atoms with E-state index >= 15 is 0 Å². The molecule has 2 aromatic carbocycles. The van der Waals surface area contributed by atoms with Crippen LogP contribution < -0.4 is 4.74 Å². The molecule has 19 heavy (non-hydrogen) atoms. The third-order valence-corrected chi connectivity index (χ3v) is 3.04. The second-order valence-corrected chi connectivity index (χ2v) is 4.78. The molecule has 0 amide bonds. The Labute approximate surface area is 116 Å². The van der Waals surface area contributed by atoms with Gasteiger partial charge in [0.15, 0.2) is 11.6 Å². The summed E-state index contributed by atoms with van der Waals surface area (Å²) in [5.74, 6) is -0.0138. The SMILES string of the molecule is Cc1ccc(Cl)cc1Oc1c(F)cccc1[C@@H](C)O. The summed E-state index contributed by atoms with van der Waals surface area (Å²) in [6, 6.07) is 9.61. The van der Waals surface area contributed by atoms with Gasteiger partial charge in [-0.15, -0.1) is 0 Å². The van der Waals surface area contributed by atoms with Crippen LogP contribution >= 0.6 is 11.6 Å². The van der Waals surface area contributed by atoms with E-state index < -0.39 is 11.9 Å². The normalized spacial score (nSPS) is 12.3. The zero-order valence-corrected chi connectivity index (χ0v) is 11.4. The van der Waals surface area contributed by atoms with Crippen LogP contribution in [-0.4, -0.2) is 5.11 Å². The molecule has 0 aliphatic carbocycles. The molecule has 100 valence electrons. The van der Waals surface area contributed by atoms with Gasteiger partial charge in [-0.1, -0.05) is 29.8 Å². The number of hydrogen-bond donors (Lipinski definition) is 1. The molecular formula is C15H14ClFO2. The molecule has 0 saturated heterocycles. The van der Waals surface area contributed by atoms with Gasteiger partial charge in [0.2, 0.25) is 0 Å². The van der Waals surface area contributed by atoms with E-state index in [4.69, 9.17) is 16.3 Å². The topological polar surface area (TPSA) is 29.5 Å². The highest BCUT2D eigenvalue weighted by Crippen LogP contribution is 2.34. The number of para-hydroxylation sites is 1. The first-order valence-electron chi connectivity index (χ1n) is 5.89. The lowest BCUT2D eigenvalue weighted by molar-refractivity contribution is 0.194. The maximum atomic E-state index is 13.9. The molecule has 0 saturated carbocycles. The van der Waals surface area contributed by atoms with Crippen molar-refractivity contribution in [3.8, 4) is 11.5 Å². The summed E-state index contributed by atoms with van der Waals surface area (Å²) in [7, 11) is 0. The lowest BCUT2D eigenvalue weighted by Crippen LogP contribution is -1.99. The van der Waals surface area contributed by atoms with E-state index in [1.54, 1.807) is 31.2 Å². The third kappa shape index (κ3) is 3.06. The van der Waals surface area contributed by atoms with Crippen LogP contribution in [0.3, 0.4) is 0 Å². The van der Waals surface area contributed by atoms with Gasteiger partial charge < -0.3 is 9.84 Å². The molecule has 0 spiro atoms. The van der Waals surface area contributed by atoms with Gasteiger partial charge in [0, 0.05) is 10.6 Å². The van der Waals surface area contributed by atoms with Crippen molar-refractivity contribution in [1.29, 1.82) is 0 Å². The molecule has 0 heterocycles. The van der Waals surface area contributed by atoms with Crippen molar-refractivity contribution in [2.75, 3.05) is 0 Å². The number of aryl methyl sites for hydroxylation is 1. The lowest BCUT2D eigenvalue weighted by Gasteiger charge is -2.15. The van der Waals surface area contributed by atoms with E-state index in [0.717, 1.165) is 5.56 Å². The zero-order valence-electron chi connectivity index (χ0n) is 10.7. The van der Waals surface area contributed by atoms with Crippen LogP contribution in [0.4, 0.5) is 4.39 Å². The minimum Gasteiger partial charge on any atom is -0.454 e. The molecule has 0 radical (unpaired) electrons. The first-order valence-corrected chi connectivity index (χ1v) is 6.27. The van der Waals surface area contributed by atoms with Crippen LogP contribution in [0.25, 0.3) is 0 Å². The Balaban J connectivity index is 2.46. The first-order chi connectivity index (χ1) is 8.99. The second kappa shape index (κ2) is 5.59. The highest BCUT2D eigenvalue weighted by atomic mass is 35.5. The van der Waals surface area contributed by atoms with Gasteiger partial charge in [-0.05, 0) is 37.6 Å². The Morgan fingerprint density at radius 2 is 2.00 bits per heavy atom. The summed E-state index contributed by atoms with van der Waals surface area (Å²) in [5, 5.41) is 10.2. The highest BCUT2D eigenvalue weighted by Gasteiger charge is 2.15. The van der Waals surface area contributed by atoms with Gasteiger partial charge in [-0.25, -0.2) is 4.39 Å². The molecule has 4 heteroatoms. The molecule has 0 aromatic heterocycles. The number of halogens is 2. The van der Waals surface area contributed by atoms with E-state index in [9.17, 15) is 9.50 Å². The average Bonchev–Trinajstić information content (AvgIpc) is 2.35. The predicted octanol–water partition coefficient (Wildman–Crippen LogP) is 4.63. The smallest absolute Gasteiger partial charge is 0.168 e. The van der Waals surface area contributed by atoms with E-state index in [1.807, 2.05) is 6.92 Å². The highest BCUT2D eigenvalue weighted by molar-refractivity contribution is 6.30. The van der Waals surface area contributed by atoms with Crippen LogP contribution in [0.1, 0.15) is 24.2 Å². The molecule has 0 aliphatic rings. The first kappa shape index (κ1) is 13.8. The quantitative estimate of drug-likeness (QED) is 0.888. The maximum absolute atomic E-state index is 13.9. The predicted molar refractivity (Wildman–Crippen MR) is 73.3 cm³/mol. The molecule has 1 atom stereocenters.